The number of carbonyl (C=O) groups excluding carboxylic acids is 1. The van der Waals surface area contributed by atoms with Crippen molar-refractivity contribution < 1.29 is 9.53 Å². The van der Waals surface area contributed by atoms with Crippen molar-refractivity contribution in [2.75, 3.05) is 7.11 Å². The molecule has 1 heterocycles. The Morgan fingerprint density at radius 1 is 1.08 bits per heavy atom. The number of pyridine rings is 1. The molecule has 126 valence electrons. The van der Waals surface area contributed by atoms with Crippen LogP contribution in [0.5, 0.6) is 5.75 Å². The maximum atomic E-state index is 12.3. The smallest absolute Gasteiger partial charge is 0.253 e. The van der Waals surface area contributed by atoms with Crippen LogP contribution in [-0.2, 0) is 6.54 Å². The van der Waals surface area contributed by atoms with Crippen LogP contribution in [0.15, 0.2) is 66.9 Å². The van der Waals surface area contributed by atoms with Crippen LogP contribution in [0.1, 0.15) is 21.5 Å². The summed E-state index contributed by atoms with van der Waals surface area (Å²) in [6.07, 6.45) is 1.60. The fraction of sp³-hybridized carbons (Fsp3) is 0.143. The number of carbonyl (C=O) groups is 1. The molecule has 3 aromatic rings. The van der Waals surface area contributed by atoms with Crippen molar-refractivity contribution in [2.24, 2.45) is 0 Å². The molecule has 4 nitrogen and oxygen atoms in total. The fourth-order valence-corrected chi connectivity index (χ4v) is 2.47. The summed E-state index contributed by atoms with van der Waals surface area (Å²) in [5, 5.41) is 2.91. The summed E-state index contributed by atoms with van der Waals surface area (Å²) in [5.74, 6) is 0.643. The molecule has 0 saturated carbocycles. The molecule has 0 atom stereocenters. The molecule has 0 aliphatic rings. The number of methoxy groups -OCH3 is 1. The van der Waals surface area contributed by atoms with Gasteiger partial charge in [0.1, 0.15) is 5.75 Å². The molecular weight excluding hydrogens is 312 g/mol. The first-order valence-corrected chi connectivity index (χ1v) is 8.10. The van der Waals surface area contributed by atoms with Gasteiger partial charge in [-0.05, 0) is 36.8 Å². The molecule has 0 spiro atoms. The predicted molar refractivity (Wildman–Crippen MR) is 98.6 cm³/mol. The number of amides is 1. The van der Waals surface area contributed by atoms with E-state index in [2.05, 4.69) is 10.3 Å². The third-order valence-electron chi connectivity index (χ3n) is 3.96. The average molecular weight is 332 g/mol. The minimum Gasteiger partial charge on any atom is -0.497 e. The van der Waals surface area contributed by atoms with E-state index in [9.17, 15) is 4.79 Å². The van der Waals surface area contributed by atoms with Gasteiger partial charge in [0, 0.05) is 18.3 Å². The van der Waals surface area contributed by atoms with Gasteiger partial charge in [-0.2, -0.15) is 0 Å². The zero-order valence-electron chi connectivity index (χ0n) is 14.3. The summed E-state index contributed by atoms with van der Waals surface area (Å²) in [6.45, 7) is 2.54. The molecule has 0 bridgehead atoms. The lowest BCUT2D eigenvalue weighted by Crippen LogP contribution is -2.22. The normalized spacial score (nSPS) is 10.3. The summed E-state index contributed by atoms with van der Waals surface area (Å²) in [4.78, 5) is 16.7. The fourth-order valence-electron chi connectivity index (χ4n) is 2.47. The van der Waals surface area contributed by atoms with Crippen LogP contribution in [0.4, 0.5) is 0 Å². The second-order valence-electron chi connectivity index (χ2n) is 5.83. The van der Waals surface area contributed by atoms with Crippen molar-refractivity contribution in [1.29, 1.82) is 0 Å². The Hall–Kier alpha value is -3.14. The van der Waals surface area contributed by atoms with Crippen LogP contribution in [0, 0.1) is 6.92 Å². The van der Waals surface area contributed by atoms with Gasteiger partial charge < -0.3 is 10.1 Å². The van der Waals surface area contributed by atoms with E-state index < -0.39 is 0 Å². The minimum absolute atomic E-state index is 0.134. The molecule has 0 radical (unpaired) electrons. The predicted octanol–water partition coefficient (Wildman–Crippen LogP) is 4.00. The molecule has 0 aliphatic carbocycles. The summed E-state index contributed by atoms with van der Waals surface area (Å²) in [6, 6.07) is 19.4. The molecule has 0 aliphatic heterocycles. The molecule has 0 unspecified atom stereocenters. The Bertz CT molecular complexity index is 856. The first-order valence-electron chi connectivity index (χ1n) is 8.10. The highest BCUT2D eigenvalue weighted by Gasteiger charge is 2.07. The van der Waals surface area contributed by atoms with Gasteiger partial charge in [-0.3, -0.25) is 9.78 Å². The monoisotopic (exact) mass is 332 g/mol. The highest BCUT2D eigenvalue weighted by Crippen LogP contribution is 2.22. The third-order valence-corrected chi connectivity index (χ3v) is 3.96. The van der Waals surface area contributed by atoms with E-state index in [0.717, 1.165) is 22.6 Å². The topological polar surface area (TPSA) is 51.2 Å². The molecule has 3 rings (SSSR count). The van der Waals surface area contributed by atoms with Crippen LogP contribution < -0.4 is 10.1 Å². The molecular formula is C21H20N2O2. The van der Waals surface area contributed by atoms with Crippen molar-refractivity contribution in [3.63, 3.8) is 0 Å². The first kappa shape index (κ1) is 16.7. The van der Waals surface area contributed by atoms with Crippen molar-refractivity contribution >= 4 is 5.91 Å². The third kappa shape index (κ3) is 4.23. The number of nitrogens with zero attached hydrogens (tertiary/aromatic N) is 1. The minimum atomic E-state index is -0.134. The second-order valence-corrected chi connectivity index (χ2v) is 5.83. The summed E-state index contributed by atoms with van der Waals surface area (Å²) < 4.78 is 5.23. The number of hydrogen-bond donors (Lipinski definition) is 1. The van der Waals surface area contributed by atoms with Gasteiger partial charge in [-0.15, -0.1) is 0 Å². The van der Waals surface area contributed by atoms with E-state index in [1.807, 2.05) is 61.5 Å². The number of hydrogen-bond acceptors (Lipinski definition) is 3. The Kier molecular flexibility index (Phi) is 5.09. The quantitative estimate of drug-likeness (QED) is 0.768. The Labute approximate surface area is 147 Å². The number of benzene rings is 2. The molecule has 2 aromatic carbocycles. The van der Waals surface area contributed by atoms with E-state index in [1.54, 1.807) is 19.4 Å². The number of rotatable bonds is 5. The standard InChI is InChI=1S/C21H20N2O2/c1-15-6-8-16(9-7-15)13-23-21(24)18-10-11-20(22-14-18)17-4-3-5-19(12-17)25-2/h3-12,14H,13H2,1-2H3,(H,23,24). The van der Waals surface area contributed by atoms with Crippen molar-refractivity contribution in [3.8, 4) is 17.0 Å². The number of ether oxygens (including phenoxy) is 1. The SMILES string of the molecule is COc1cccc(-c2ccc(C(=O)NCc3ccc(C)cc3)cn2)c1. The van der Waals surface area contributed by atoms with Crippen molar-refractivity contribution in [3.05, 3.63) is 83.6 Å². The Balaban J connectivity index is 1.66. The van der Waals surface area contributed by atoms with Gasteiger partial charge in [0.05, 0.1) is 18.4 Å². The van der Waals surface area contributed by atoms with Crippen molar-refractivity contribution in [2.45, 2.75) is 13.5 Å². The lowest BCUT2D eigenvalue weighted by Gasteiger charge is -2.07. The summed E-state index contributed by atoms with van der Waals surface area (Å²) >= 11 is 0. The van der Waals surface area contributed by atoms with Gasteiger partial charge in [-0.25, -0.2) is 0 Å². The average Bonchev–Trinajstić information content (AvgIpc) is 2.67. The molecule has 1 N–H and O–H groups in total. The summed E-state index contributed by atoms with van der Waals surface area (Å²) in [7, 11) is 1.63. The largest absolute Gasteiger partial charge is 0.497 e. The van der Waals surface area contributed by atoms with Crippen molar-refractivity contribution in [1.82, 2.24) is 10.3 Å². The Morgan fingerprint density at radius 2 is 1.88 bits per heavy atom. The maximum Gasteiger partial charge on any atom is 0.253 e. The van der Waals surface area contributed by atoms with Crippen LogP contribution in [0.3, 0.4) is 0 Å². The highest BCUT2D eigenvalue weighted by molar-refractivity contribution is 5.94. The van der Waals surface area contributed by atoms with Gasteiger partial charge in [0.2, 0.25) is 0 Å². The number of aryl methyl sites for hydroxylation is 1. The molecule has 4 heteroatoms. The molecule has 0 saturated heterocycles. The molecule has 25 heavy (non-hydrogen) atoms. The highest BCUT2D eigenvalue weighted by atomic mass is 16.5. The second kappa shape index (κ2) is 7.62. The number of aromatic nitrogens is 1. The van der Waals surface area contributed by atoms with Crippen LogP contribution >= 0.6 is 0 Å². The van der Waals surface area contributed by atoms with Gasteiger partial charge in [-0.1, -0.05) is 42.0 Å². The van der Waals surface area contributed by atoms with Crippen LogP contribution in [-0.4, -0.2) is 18.0 Å². The Morgan fingerprint density at radius 3 is 2.56 bits per heavy atom. The van der Waals surface area contributed by atoms with Gasteiger partial charge in [0.15, 0.2) is 0 Å². The van der Waals surface area contributed by atoms with E-state index in [0.29, 0.717) is 12.1 Å². The molecule has 1 amide bonds. The van der Waals surface area contributed by atoms with Crippen LogP contribution in [0.2, 0.25) is 0 Å². The zero-order chi connectivity index (χ0) is 17.6. The maximum absolute atomic E-state index is 12.3. The zero-order valence-corrected chi connectivity index (χ0v) is 14.3. The van der Waals surface area contributed by atoms with E-state index in [-0.39, 0.29) is 5.91 Å². The first-order chi connectivity index (χ1) is 12.2. The van der Waals surface area contributed by atoms with E-state index in [4.69, 9.17) is 4.74 Å². The lowest BCUT2D eigenvalue weighted by molar-refractivity contribution is 0.0950. The van der Waals surface area contributed by atoms with Gasteiger partial charge >= 0.3 is 0 Å². The molecule has 0 fully saturated rings. The number of nitrogens with one attached hydrogen (secondary N) is 1. The van der Waals surface area contributed by atoms with E-state index >= 15 is 0 Å². The van der Waals surface area contributed by atoms with Gasteiger partial charge in [0.25, 0.3) is 5.91 Å². The lowest BCUT2D eigenvalue weighted by atomic mass is 10.1. The molecule has 1 aromatic heterocycles. The summed E-state index contributed by atoms with van der Waals surface area (Å²) in [5.41, 5.74) is 4.56. The van der Waals surface area contributed by atoms with E-state index in [1.165, 1.54) is 5.56 Å². The van der Waals surface area contributed by atoms with Crippen LogP contribution in [0.25, 0.3) is 11.3 Å².